The van der Waals surface area contributed by atoms with Crippen LogP contribution in [0.25, 0.3) is 50.2 Å². The molecule has 28 nitrogen and oxygen atoms in total. The Morgan fingerprint density at radius 3 is 1.06 bits per heavy atom. The molecule has 3 saturated heterocycles. The Kier molecular flexibility index (Phi) is 26.3. The molecule has 0 aliphatic carbocycles. The van der Waals surface area contributed by atoms with Crippen LogP contribution in [0.2, 0.25) is 10.0 Å². The van der Waals surface area contributed by atoms with Gasteiger partial charge in [0, 0.05) is 159 Å². The Hall–Kier alpha value is -12.1. The number of likely N-dealkylation sites (N-methyl/N-ethyl adjacent to an activating group) is 2. The lowest BCUT2D eigenvalue weighted by Crippen LogP contribution is -2.45. The fourth-order valence-electron chi connectivity index (χ4n) is 13.5. The molecule has 0 unspecified atom stereocenters. The van der Waals surface area contributed by atoms with Gasteiger partial charge in [0.2, 0.25) is 34.1 Å². The molecule has 30 heteroatoms. The van der Waals surface area contributed by atoms with Crippen molar-refractivity contribution in [2.75, 3.05) is 129 Å². The number of hydroxylamine groups is 2. The van der Waals surface area contributed by atoms with E-state index in [4.69, 9.17) is 45.0 Å². The molecule has 0 saturated carbocycles. The highest BCUT2D eigenvalue weighted by atomic mass is 35.5. The minimum Gasteiger partial charge on any atom is -0.365 e. The normalized spacial score (nSPS) is 14.1. The number of anilines is 6. The zero-order valence-corrected chi connectivity index (χ0v) is 65.0. The fourth-order valence-corrected chi connectivity index (χ4v) is 13.7. The number of hydrogen-bond acceptors (Lipinski definition) is 22. The Bertz CT molecular complexity index is 5650. The SMILES string of the molecule is C#Cc1ccc(-n2cc(C(=O)NOC)c(=O)c3cnc(Nc4ccc(CCN5CCCC5)cc4)nc32)cc1.CN1CCN(CCc2ccc(Nc3ncc4c(=O)c(C(N)=O)cn(-c5ccc(Cl)cc5)c4n3)cc2)CC1.CONC(=O)c1cn(-c2ccc(Cl)cc2)c2nc(Nc3ccc(CCN4CCN(C)CC4)cc3)ncc2c1=O. The highest BCUT2D eigenvalue weighted by molar-refractivity contribution is 6.31. The third-order valence-electron chi connectivity index (χ3n) is 20.1. The minimum atomic E-state index is -0.815. The molecule has 0 radical (unpaired) electrons. The van der Waals surface area contributed by atoms with E-state index in [9.17, 15) is 28.8 Å². The van der Waals surface area contributed by atoms with E-state index in [1.54, 1.807) is 86.5 Å². The number of piperazine rings is 2. The molecule has 584 valence electrons. The van der Waals surface area contributed by atoms with Crippen LogP contribution in [0.3, 0.4) is 0 Å². The number of carbonyl (C=O) groups excluding carboxylic acids is 3. The molecule has 6 aromatic heterocycles. The van der Waals surface area contributed by atoms with E-state index >= 15 is 0 Å². The molecular weight excluding hydrogens is 1490 g/mol. The quantitative estimate of drug-likeness (QED) is 0.0256. The first-order valence-corrected chi connectivity index (χ1v) is 38.0. The second-order valence-corrected chi connectivity index (χ2v) is 28.7. The standard InChI is InChI=1S/C29H28N6O3.C28H30ClN7O3.C27H28ClN7O2/c1-3-20-8-12-23(13-9-20)35-19-25(28(37)33-38-2)26(36)24-18-30-29(32-27(24)35)31-22-10-6-21(7-11-22)14-17-34-15-4-5-16-34;1-34-13-15-35(16-14-34)12-11-19-3-7-21(8-4-19)31-28-30-17-23-25(37)24(27(38)33-39-2)18-36(26(23)32-28)22-9-5-20(29)6-10-22;1-33-12-14-34(15-13-33)11-10-18-2-6-20(7-3-18)31-27-30-16-22-24(36)23(25(29)37)17-35(26(22)32-27)21-8-4-19(28)5-9-21/h1,6-13,18-19H,4-5,14-17H2,2H3,(H,33,37)(H,30,31,32);3-10,17-18H,11-16H2,1-2H3,(H,33,38)(H,30,31,32);2-9,16-17H,10-15H2,1H3,(H2,29,37)(H,30,31,32). The summed E-state index contributed by atoms with van der Waals surface area (Å²) < 4.78 is 4.96. The van der Waals surface area contributed by atoms with Gasteiger partial charge in [0.05, 0.1) is 30.4 Å². The first kappa shape index (κ1) is 79.9. The number of nitrogens with zero attached hydrogens (tertiary/aromatic N) is 14. The van der Waals surface area contributed by atoms with E-state index in [-0.39, 0.29) is 32.8 Å². The maximum Gasteiger partial charge on any atom is 0.280 e. The van der Waals surface area contributed by atoms with E-state index in [2.05, 4.69) is 138 Å². The average molecular weight is 1570 g/mol. The molecule has 3 amide bonds. The number of likely N-dealkylation sites (tertiary alicyclic amines) is 1. The average Bonchev–Trinajstić information content (AvgIpc) is 0.806. The van der Waals surface area contributed by atoms with Gasteiger partial charge in [-0.3, -0.25) is 38.4 Å². The summed E-state index contributed by atoms with van der Waals surface area (Å²) in [6, 6.07) is 45.7. The number of benzene rings is 6. The van der Waals surface area contributed by atoms with Crippen molar-refractivity contribution in [2.45, 2.75) is 32.1 Å². The van der Waals surface area contributed by atoms with E-state index in [1.807, 2.05) is 36.4 Å². The molecule has 0 bridgehead atoms. The van der Waals surface area contributed by atoms with Crippen molar-refractivity contribution < 1.29 is 24.1 Å². The summed E-state index contributed by atoms with van der Waals surface area (Å²) in [6.45, 7) is 14.4. The van der Waals surface area contributed by atoms with E-state index < -0.39 is 34.0 Å². The summed E-state index contributed by atoms with van der Waals surface area (Å²) in [5.41, 5.74) is 18.1. The third kappa shape index (κ3) is 20.0. The van der Waals surface area contributed by atoms with Crippen LogP contribution in [0.1, 0.15) is 66.2 Å². The van der Waals surface area contributed by atoms with E-state index in [0.717, 1.165) is 108 Å². The lowest BCUT2D eigenvalue weighted by Gasteiger charge is -2.32. The first-order chi connectivity index (χ1) is 55.3. The van der Waals surface area contributed by atoms with Gasteiger partial charge in [-0.1, -0.05) is 65.5 Å². The van der Waals surface area contributed by atoms with Gasteiger partial charge in [-0.15, -0.1) is 6.42 Å². The minimum absolute atomic E-state index is 0.101. The Morgan fingerprint density at radius 1 is 0.439 bits per heavy atom. The predicted octanol–water partition coefficient (Wildman–Crippen LogP) is 9.76. The molecular formula is C84H86Cl2N20O8. The molecule has 0 atom stereocenters. The molecule has 7 N–H and O–H groups in total. The fraction of sp³-hybridized carbons (Fsp3) is 0.262. The topological polar surface area (TPSA) is 315 Å². The summed E-state index contributed by atoms with van der Waals surface area (Å²) in [6.07, 6.45) is 19.6. The number of fused-ring (bicyclic) bond motifs is 3. The number of rotatable bonds is 23. The molecule has 15 rings (SSSR count). The number of terminal acetylenes is 1. The number of primary amides is 1. The van der Waals surface area contributed by atoms with Gasteiger partial charge >= 0.3 is 0 Å². The summed E-state index contributed by atoms with van der Waals surface area (Å²) in [4.78, 5) is 125. The van der Waals surface area contributed by atoms with Gasteiger partial charge in [-0.2, -0.15) is 15.0 Å². The Balaban J connectivity index is 0.000000149. The van der Waals surface area contributed by atoms with Crippen LogP contribution in [0.15, 0.2) is 197 Å². The Morgan fingerprint density at radius 2 is 0.746 bits per heavy atom. The second-order valence-electron chi connectivity index (χ2n) is 27.9. The van der Waals surface area contributed by atoms with Crippen molar-refractivity contribution in [3.8, 4) is 29.4 Å². The molecule has 12 aromatic rings. The third-order valence-corrected chi connectivity index (χ3v) is 20.6. The first-order valence-electron chi connectivity index (χ1n) is 37.3. The zero-order chi connectivity index (χ0) is 79.8. The number of pyridine rings is 3. The zero-order valence-electron chi connectivity index (χ0n) is 63.5. The van der Waals surface area contributed by atoms with Gasteiger partial charge in [0.25, 0.3) is 17.7 Å². The summed E-state index contributed by atoms with van der Waals surface area (Å²) in [7, 11) is 6.93. The van der Waals surface area contributed by atoms with Crippen LogP contribution in [-0.2, 0) is 28.9 Å². The largest absolute Gasteiger partial charge is 0.365 e. The number of carbonyl (C=O) groups is 3. The van der Waals surface area contributed by atoms with E-state index in [1.165, 1.54) is 94.0 Å². The number of nitrogens with one attached hydrogen (secondary N) is 5. The van der Waals surface area contributed by atoms with Crippen LogP contribution < -0.4 is 48.9 Å². The van der Waals surface area contributed by atoms with Gasteiger partial charge in [-0.05, 0) is 185 Å². The number of nitrogens with two attached hydrogens (primary N) is 1. The molecule has 3 aliphatic heterocycles. The van der Waals surface area contributed by atoms with Crippen molar-refractivity contribution in [1.29, 1.82) is 0 Å². The molecule has 0 spiro atoms. The molecule has 9 heterocycles. The summed E-state index contributed by atoms with van der Waals surface area (Å²) >= 11 is 12.1. The summed E-state index contributed by atoms with van der Waals surface area (Å²) in [5, 5.41) is 11.4. The number of hydrogen-bond donors (Lipinski definition) is 6. The Labute approximate surface area is 667 Å². The molecule has 3 aliphatic rings. The van der Waals surface area contributed by atoms with Crippen molar-refractivity contribution >= 4 is 109 Å². The van der Waals surface area contributed by atoms with Gasteiger partial charge in [0.1, 0.15) is 16.7 Å². The smallest absolute Gasteiger partial charge is 0.280 e. The van der Waals surface area contributed by atoms with Crippen LogP contribution in [0.5, 0.6) is 0 Å². The number of amides is 3. The second kappa shape index (κ2) is 37.5. The monoisotopic (exact) mass is 1570 g/mol. The van der Waals surface area contributed by atoms with Crippen LogP contribution in [-0.4, -0.2) is 199 Å². The summed E-state index contributed by atoms with van der Waals surface area (Å²) in [5.74, 6) is 1.41. The lowest BCUT2D eigenvalue weighted by atomic mass is 10.1. The highest BCUT2D eigenvalue weighted by Crippen LogP contribution is 2.27. The van der Waals surface area contributed by atoms with Gasteiger partial charge < -0.3 is 59.9 Å². The van der Waals surface area contributed by atoms with Crippen LogP contribution >= 0.6 is 23.2 Å². The number of aromatic nitrogens is 9. The predicted molar refractivity (Wildman–Crippen MR) is 445 cm³/mol. The van der Waals surface area contributed by atoms with Crippen molar-refractivity contribution in [3.05, 3.63) is 262 Å². The van der Waals surface area contributed by atoms with Crippen molar-refractivity contribution in [1.82, 2.24) is 79.1 Å². The maximum absolute atomic E-state index is 13.1. The van der Waals surface area contributed by atoms with E-state index in [0.29, 0.717) is 67.5 Å². The van der Waals surface area contributed by atoms with Gasteiger partial charge in [-0.25, -0.2) is 25.9 Å². The highest BCUT2D eigenvalue weighted by Gasteiger charge is 2.24. The lowest BCUT2D eigenvalue weighted by molar-refractivity contribution is 0.0532. The number of halogens is 2. The van der Waals surface area contributed by atoms with Crippen molar-refractivity contribution in [2.24, 2.45) is 5.73 Å². The maximum atomic E-state index is 13.1. The molecule has 3 fully saturated rings. The van der Waals surface area contributed by atoms with Gasteiger partial charge in [0.15, 0.2) is 16.9 Å². The molecule has 114 heavy (non-hydrogen) atoms. The van der Waals surface area contributed by atoms with Crippen LogP contribution in [0, 0.1) is 12.3 Å². The molecule has 6 aromatic carbocycles. The van der Waals surface area contributed by atoms with Crippen LogP contribution in [0.4, 0.5) is 34.9 Å². The van der Waals surface area contributed by atoms with Crippen molar-refractivity contribution in [3.63, 3.8) is 0 Å².